The molecule has 0 bridgehead atoms. The summed E-state index contributed by atoms with van der Waals surface area (Å²) in [6.07, 6.45) is 3.64. The van der Waals surface area contributed by atoms with Crippen molar-refractivity contribution in [1.29, 1.82) is 0 Å². The van der Waals surface area contributed by atoms with Gasteiger partial charge >= 0.3 is 5.97 Å². The van der Waals surface area contributed by atoms with Gasteiger partial charge in [0.1, 0.15) is 0 Å². The van der Waals surface area contributed by atoms with Gasteiger partial charge in [0.2, 0.25) is 0 Å². The number of carbonyl (C=O) groups is 1. The first-order chi connectivity index (χ1) is 9.66. The Labute approximate surface area is 121 Å². The molecule has 0 aliphatic heterocycles. The van der Waals surface area contributed by atoms with Gasteiger partial charge in [-0.3, -0.25) is 4.79 Å². The minimum Gasteiger partial charge on any atom is -0.466 e. The summed E-state index contributed by atoms with van der Waals surface area (Å²) >= 11 is 0. The highest BCUT2D eigenvalue weighted by molar-refractivity contribution is 5.65. The van der Waals surface area contributed by atoms with Gasteiger partial charge < -0.3 is 9.47 Å². The summed E-state index contributed by atoms with van der Waals surface area (Å²) in [5.74, 6) is 0.671. The molecule has 110 valence electrons. The number of esters is 1. The summed E-state index contributed by atoms with van der Waals surface area (Å²) in [6, 6.07) is 10.3. The summed E-state index contributed by atoms with van der Waals surface area (Å²) in [4.78, 5) is 10.9. The van der Waals surface area contributed by atoms with Gasteiger partial charge in [-0.05, 0) is 30.2 Å². The van der Waals surface area contributed by atoms with E-state index in [0.717, 1.165) is 19.3 Å². The summed E-state index contributed by atoms with van der Waals surface area (Å²) in [7, 11) is 0. The summed E-state index contributed by atoms with van der Waals surface area (Å²) in [5, 5.41) is 0. The molecule has 0 aromatic heterocycles. The SMILES string of the molecule is CC(=O)OCC1CCC[C@H](OCc2ccccc2)[C@@H]1C. The molecule has 0 saturated heterocycles. The molecule has 1 unspecified atom stereocenters. The maximum Gasteiger partial charge on any atom is 0.302 e. The van der Waals surface area contributed by atoms with Crippen LogP contribution in [0.2, 0.25) is 0 Å². The highest BCUT2D eigenvalue weighted by atomic mass is 16.5. The van der Waals surface area contributed by atoms with Crippen LogP contribution in [0.15, 0.2) is 30.3 Å². The van der Waals surface area contributed by atoms with Gasteiger partial charge in [-0.25, -0.2) is 0 Å². The lowest BCUT2D eigenvalue weighted by atomic mass is 9.79. The first-order valence-electron chi connectivity index (χ1n) is 7.45. The molecule has 2 rings (SSSR count). The molecule has 1 aromatic rings. The Balaban J connectivity index is 1.83. The highest BCUT2D eigenvalue weighted by Crippen LogP contribution is 2.32. The molecular weight excluding hydrogens is 252 g/mol. The van der Waals surface area contributed by atoms with Crippen LogP contribution in [0.3, 0.4) is 0 Å². The zero-order valence-electron chi connectivity index (χ0n) is 12.4. The molecule has 0 heterocycles. The molecular formula is C17H24O3. The smallest absolute Gasteiger partial charge is 0.302 e. The monoisotopic (exact) mass is 276 g/mol. The van der Waals surface area contributed by atoms with Gasteiger partial charge in [-0.2, -0.15) is 0 Å². The fraction of sp³-hybridized carbons (Fsp3) is 0.588. The van der Waals surface area contributed by atoms with E-state index >= 15 is 0 Å². The molecule has 0 spiro atoms. The summed E-state index contributed by atoms with van der Waals surface area (Å²) in [6.45, 7) is 4.87. The molecule has 0 amide bonds. The predicted molar refractivity (Wildman–Crippen MR) is 78.2 cm³/mol. The lowest BCUT2D eigenvalue weighted by Gasteiger charge is -2.35. The van der Waals surface area contributed by atoms with Crippen LogP contribution in [0.25, 0.3) is 0 Å². The third kappa shape index (κ3) is 4.34. The van der Waals surface area contributed by atoms with Gasteiger partial charge in [0.05, 0.1) is 19.3 Å². The normalized spacial score (nSPS) is 26.2. The molecule has 1 aromatic carbocycles. The van der Waals surface area contributed by atoms with Crippen LogP contribution in [-0.2, 0) is 20.9 Å². The van der Waals surface area contributed by atoms with Crippen LogP contribution in [-0.4, -0.2) is 18.7 Å². The average Bonchev–Trinajstić information content (AvgIpc) is 2.46. The second kappa shape index (κ2) is 7.44. The molecule has 3 nitrogen and oxygen atoms in total. The molecule has 0 N–H and O–H groups in total. The second-order valence-electron chi connectivity index (χ2n) is 5.69. The minimum absolute atomic E-state index is 0.190. The zero-order valence-corrected chi connectivity index (χ0v) is 12.4. The Morgan fingerprint density at radius 2 is 2.00 bits per heavy atom. The lowest BCUT2D eigenvalue weighted by Crippen LogP contribution is -2.35. The minimum atomic E-state index is -0.190. The van der Waals surface area contributed by atoms with E-state index in [1.165, 1.54) is 12.5 Å². The first kappa shape index (κ1) is 15.0. The van der Waals surface area contributed by atoms with Gasteiger partial charge in [-0.1, -0.05) is 43.7 Å². The van der Waals surface area contributed by atoms with E-state index < -0.39 is 0 Å². The van der Waals surface area contributed by atoms with Crippen molar-refractivity contribution in [2.75, 3.05) is 6.61 Å². The molecule has 0 radical (unpaired) electrons. The van der Waals surface area contributed by atoms with E-state index in [1.54, 1.807) is 0 Å². The van der Waals surface area contributed by atoms with E-state index in [9.17, 15) is 4.79 Å². The molecule has 1 aliphatic carbocycles. The Hall–Kier alpha value is -1.35. The molecule has 1 saturated carbocycles. The number of hydrogen-bond acceptors (Lipinski definition) is 3. The third-order valence-electron chi connectivity index (χ3n) is 4.20. The molecule has 1 aliphatic rings. The average molecular weight is 276 g/mol. The molecule has 3 atom stereocenters. The van der Waals surface area contributed by atoms with Crippen molar-refractivity contribution < 1.29 is 14.3 Å². The van der Waals surface area contributed by atoms with Crippen molar-refractivity contribution in [3.05, 3.63) is 35.9 Å². The third-order valence-corrected chi connectivity index (χ3v) is 4.20. The fourth-order valence-electron chi connectivity index (χ4n) is 2.88. The van der Waals surface area contributed by atoms with E-state index in [-0.39, 0.29) is 12.1 Å². The Morgan fingerprint density at radius 1 is 1.25 bits per heavy atom. The first-order valence-corrected chi connectivity index (χ1v) is 7.45. The van der Waals surface area contributed by atoms with Crippen LogP contribution in [0.5, 0.6) is 0 Å². The topological polar surface area (TPSA) is 35.5 Å². The highest BCUT2D eigenvalue weighted by Gasteiger charge is 2.31. The van der Waals surface area contributed by atoms with E-state index in [4.69, 9.17) is 9.47 Å². The maximum atomic E-state index is 10.9. The van der Waals surface area contributed by atoms with Crippen molar-refractivity contribution in [3.8, 4) is 0 Å². The molecule has 1 fully saturated rings. The van der Waals surface area contributed by atoms with Crippen LogP contribution in [0, 0.1) is 11.8 Å². The zero-order chi connectivity index (χ0) is 14.4. The van der Waals surface area contributed by atoms with Gasteiger partial charge in [0.15, 0.2) is 0 Å². The van der Waals surface area contributed by atoms with Crippen molar-refractivity contribution >= 4 is 5.97 Å². The number of rotatable bonds is 5. The lowest BCUT2D eigenvalue weighted by molar-refractivity contribution is -0.144. The Bertz CT molecular complexity index is 416. The second-order valence-corrected chi connectivity index (χ2v) is 5.69. The van der Waals surface area contributed by atoms with Gasteiger partial charge in [-0.15, -0.1) is 0 Å². The predicted octanol–water partition coefficient (Wildman–Crippen LogP) is 3.57. The van der Waals surface area contributed by atoms with Crippen LogP contribution < -0.4 is 0 Å². The quantitative estimate of drug-likeness (QED) is 0.771. The van der Waals surface area contributed by atoms with E-state index in [2.05, 4.69) is 19.1 Å². The summed E-state index contributed by atoms with van der Waals surface area (Å²) < 4.78 is 11.2. The van der Waals surface area contributed by atoms with Crippen molar-refractivity contribution in [3.63, 3.8) is 0 Å². The number of hydrogen-bond donors (Lipinski definition) is 0. The summed E-state index contributed by atoms with van der Waals surface area (Å²) in [5.41, 5.74) is 1.21. The van der Waals surface area contributed by atoms with Crippen molar-refractivity contribution in [2.45, 2.75) is 45.8 Å². The Morgan fingerprint density at radius 3 is 2.70 bits per heavy atom. The molecule has 3 heteroatoms. The number of benzene rings is 1. The number of carbonyl (C=O) groups excluding carboxylic acids is 1. The van der Waals surface area contributed by atoms with Crippen LogP contribution >= 0.6 is 0 Å². The van der Waals surface area contributed by atoms with Crippen molar-refractivity contribution in [1.82, 2.24) is 0 Å². The van der Waals surface area contributed by atoms with Crippen molar-refractivity contribution in [2.24, 2.45) is 11.8 Å². The standard InChI is InChI=1S/C17H24O3/c1-13-16(12-19-14(2)18)9-6-10-17(13)20-11-15-7-4-3-5-8-15/h3-5,7-8,13,16-17H,6,9-12H2,1-2H3/t13-,16?,17+/m1/s1. The van der Waals surface area contributed by atoms with Gasteiger partial charge in [0.25, 0.3) is 0 Å². The largest absolute Gasteiger partial charge is 0.466 e. The fourth-order valence-corrected chi connectivity index (χ4v) is 2.88. The van der Waals surface area contributed by atoms with E-state index in [1.807, 2.05) is 18.2 Å². The number of ether oxygens (including phenoxy) is 2. The molecule has 20 heavy (non-hydrogen) atoms. The van der Waals surface area contributed by atoms with Gasteiger partial charge in [0, 0.05) is 6.92 Å². The van der Waals surface area contributed by atoms with E-state index in [0.29, 0.717) is 25.0 Å². The maximum absolute atomic E-state index is 10.9. The Kier molecular flexibility index (Phi) is 5.60. The van der Waals surface area contributed by atoms with Crippen LogP contribution in [0.1, 0.15) is 38.7 Å². The van der Waals surface area contributed by atoms with Crippen LogP contribution in [0.4, 0.5) is 0 Å².